The Hall–Kier alpha value is -0.130. The smallest absolute Gasteiger partial charge is 0.154 e. The first kappa shape index (κ1) is 12.9. The van der Waals surface area contributed by atoms with Gasteiger partial charge in [-0.05, 0) is 20.9 Å². The highest BCUT2D eigenvalue weighted by atomic mass is 32.2. The van der Waals surface area contributed by atoms with E-state index >= 15 is 0 Å². The van der Waals surface area contributed by atoms with Crippen molar-refractivity contribution in [2.24, 2.45) is 0 Å². The van der Waals surface area contributed by atoms with Crippen molar-refractivity contribution in [2.45, 2.75) is 24.6 Å². The van der Waals surface area contributed by atoms with Crippen molar-refractivity contribution in [3.63, 3.8) is 0 Å². The minimum absolute atomic E-state index is 0.188. The van der Waals surface area contributed by atoms with E-state index in [1.165, 1.54) is 6.26 Å². The molecular formula is C8H19NO3S. The van der Waals surface area contributed by atoms with E-state index in [0.29, 0.717) is 6.61 Å². The lowest BCUT2D eigenvalue weighted by Gasteiger charge is -2.31. The Balaban J connectivity index is 4.78. The fraction of sp³-hybridized carbons (Fsp3) is 1.00. The van der Waals surface area contributed by atoms with Gasteiger partial charge in [-0.25, -0.2) is 8.42 Å². The quantitative estimate of drug-likeness (QED) is 0.695. The summed E-state index contributed by atoms with van der Waals surface area (Å²) < 4.78 is 27.0. The molecule has 0 bridgehead atoms. The highest BCUT2D eigenvalue weighted by molar-refractivity contribution is 7.92. The van der Waals surface area contributed by atoms with Crippen LogP contribution in [0.25, 0.3) is 0 Å². The standard InChI is InChI=1S/C8H19NO3S/c1-8(2,13(5,10)11)7(9-3)6-12-4/h7,9H,6H2,1-5H3. The molecule has 80 valence electrons. The maximum Gasteiger partial charge on any atom is 0.154 e. The molecular weight excluding hydrogens is 190 g/mol. The lowest BCUT2D eigenvalue weighted by atomic mass is 10.0. The molecule has 0 rings (SSSR count). The molecule has 0 aliphatic carbocycles. The highest BCUT2D eigenvalue weighted by Crippen LogP contribution is 2.19. The number of ether oxygens (including phenoxy) is 1. The van der Waals surface area contributed by atoms with Gasteiger partial charge in [0.15, 0.2) is 9.84 Å². The first-order chi connectivity index (χ1) is 5.77. The number of sulfone groups is 1. The maximum absolute atomic E-state index is 11.4. The van der Waals surface area contributed by atoms with Gasteiger partial charge in [0.25, 0.3) is 0 Å². The number of rotatable bonds is 5. The van der Waals surface area contributed by atoms with Crippen molar-refractivity contribution < 1.29 is 13.2 Å². The molecule has 0 aromatic carbocycles. The molecule has 0 fully saturated rings. The molecule has 0 aliphatic rings. The van der Waals surface area contributed by atoms with E-state index in [2.05, 4.69) is 5.32 Å². The van der Waals surface area contributed by atoms with Gasteiger partial charge in [0.05, 0.1) is 11.4 Å². The van der Waals surface area contributed by atoms with E-state index in [1.54, 1.807) is 28.0 Å². The van der Waals surface area contributed by atoms with Crippen LogP contribution in [0, 0.1) is 0 Å². The molecule has 0 saturated heterocycles. The van der Waals surface area contributed by atoms with Crippen LogP contribution in [0.1, 0.15) is 13.8 Å². The van der Waals surface area contributed by atoms with Crippen LogP contribution < -0.4 is 5.32 Å². The summed E-state index contributed by atoms with van der Waals surface area (Å²) in [5.74, 6) is 0. The van der Waals surface area contributed by atoms with Crippen LogP contribution in [0.4, 0.5) is 0 Å². The van der Waals surface area contributed by atoms with E-state index in [4.69, 9.17) is 4.74 Å². The zero-order chi connectivity index (χ0) is 10.7. The van der Waals surface area contributed by atoms with Gasteiger partial charge in [-0.3, -0.25) is 0 Å². The molecule has 1 atom stereocenters. The lowest BCUT2D eigenvalue weighted by Crippen LogP contribution is -2.52. The van der Waals surface area contributed by atoms with Crippen LogP contribution in [0.5, 0.6) is 0 Å². The second-order valence-electron chi connectivity index (χ2n) is 3.67. The topological polar surface area (TPSA) is 55.4 Å². The molecule has 5 heteroatoms. The Morgan fingerprint density at radius 1 is 1.46 bits per heavy atom. The number of likely N-dealkylation sites (N-methyl/N-ethyl adjacent to an activating group) is 1. The summed E-state index contributed by atoms with van der Waals surface area (Å²) in [4.78, 5) is 0. The first-order valence-corrected chi connectivity index (χ1v) is 6.02. The van der Waals surface area contributed by atoms with Crippen LogP contribution >= 0.6 is 0 Å². The average molecular weight is 209 g/mol. The van der Waals surface area contributed by atoms with Gasteiger partial charge in [-0.15, -0.1) is 0 Å². The molecule has 0 radical (unpaired) electrons. The molecule has 4 nitrogen and oxygen atoms in total. The second-order valence-corrected chi connectivity index (χ2v) is 6.27. The summed E-state index contributed by atoms with van der Waals surface area (Å²) in [5, 5.41) is 2.95. The summed E-state index contributed by atoms with van der Waals surface area (Å²) in [6.45, 7) is 3.78. The van der Waals surface area contributed by atoms with Crippen LogP contribution in [0.2, 0.25) is 0 Å². The molecule has 0 saturated carbocycles. The zero-order valence-electron chi connectivity index (χ0n) is 8.92. The monoisotopic (exact) mass is 209 g/mol. The van der Waals surface area contributed by atoms with Crippen LogP contribution in [0.15, 0.2) is 0 Å². The van der Waals surface area contributed by atoms with E-state index in [-0.39, 0.29) is 6.04 Å². The third-order valence-corrected chi connectivity index (χ3v) is 4.67. The van der Waals surface area contributed by atoms with Crippen molar-refractivity contribution in [3.8, 4) is 0 Å². The van der Waals surface area contributed by atoms with Crippen LogP contribution in [-0.4, -0.2) is 46.2 Å². The van der Waals surface area contributed by atoms with Crippen molar-refractivity contribution >= 4 is 9.84 Å². The summed E-state index contributed by atoms with van der Waals surface area (Å²) in [6.07, 6.45) is 1.24. The van der Waals surface area contributed by atoms with Crippen molar-refractivity contribution in [3.05, 3.63) is 0 Å². The van der Waals surface area contributed by atoms with Gasteiger partial charge < -0.3 is 10.1 Å². The fourth-order valence-corrected chi connectivity index (χ4v) is 1.76. The molecule has 0 heterocycles. The van der Waals surface area contributed by atoms with Gasteiger partial charge in [-0.2, -0.15) is 0 Å². The molecule has 13 heavy (non-hydrogen) atoms. The van der Waals surface area contributed by atoms with E-state index in [9.17, 15) is 8.42 Å². The van der Waals surface area contributed by atoms with Gasteiger partial charge in [-0.1, -0.05) is 0 Å². The third-order valence-electron chi connectivity index (χ3n) is 2.48. The number of hydrogen-bond donors (Lipinski definition) is 1. The lowest BCUT2D eigenvalue weighted by molar-refractivity contribution is 0.156. The Kier molecular flexibility index (Phi) is 4.35. The SMILES string of the molecule is CNC(COC)C(C)(C)S(C)(=O)=O. The molecule has 0 spiro atoms. The van der Waals surface area contributed by atoms with Gasteiger partial charge >= 0.3 is 0 Å². The van der Waals surface area contributed by atoms with Gasteiger partial charge in [0, 0.05) is 19.4 Å². The van der Waals surface area contributed by atoms with Gasteiger partial charge in [0.1, 0.15) is 0 Å². The summed E-state index contributed by atoms with van der Waals surface area (Å²) in [7, 11) is 0.213. The normalized spacial score (nSPS) is 15.8. The second kappa shape index (κ2) is 4.39. The van der Waals surface area contributed by atoms with E-state index in [1.807, 2.05) is 0 Å². The molecule has 1 unspecified atom stereocenters. The first-order valence-electron chi connectivity index (χ1n) is 4.13. The molecule has 0 aliphatic heterocycles. The van der Waals surface area contributed by atoms with E-state index < -0.39 is 14.6 Å². The minimum Gasteiger partial charge on any atom is -0.383 e. The zero-order valence-corrected chi connectivity index (χ0v) is 9.73. The van der Waals surface area contributed by atoms with E-state index in [0.717, 1.165) is 0 Å². The van der Waals surface area contributed by atoms with Crippen molar-refractivity contribution in [2.75, 3.05) is 27.0 Å². The Morgan fingerprint density at radius 2 is 1.92 bits per heavy atom. The predicted molar refractivity (Wildman–Crippen MR) is 53.6 cm³/mol. The van der Waals surface area contributed by atoms with Crippen LogP contribution in [-0.2, 0) is 14.6 Å². The predicted octanol–water partition coefficient (Wildman–Crippen LogP) is 0.0440. The Bertz CT molecular complexity index is 246. The third kappa shape index (κ3) is 2.93. The molecule has 0 aromatic rings. The average Bonchev–Trinajstić information content (AvgIpc) is 1.97. The number of nitrogens with one attached hydrogen (secondary N) is 1. The largest absolute Gasteiger partial charge is 0.383 e. The van der Waals surface area contributed by atoms with Crippen molar-refractivity contribution in [1.82, 2.24) is 5.32 Å². The minimum atomic E-state index is -3.08. The number of hydrogen-bond acceptors (Lipinski definition) is 4. The Morgan fingerprint density at radius 3 is 2.15 bits per heavy atom. The molecule has 1 N–H and O–H groups in total. The summed E-state index contributed by atoms with van der Waals surface area (Å²) >= 11 is 0. The molecule has 0 aromatic heterocycles. The molecule has 0 amide bonds. The number of methoxy groups -OCH3 is 1. The highest BCUT2D eigenvalue weighted by Gasteiger charge is 2.37. The van der Waals surface area contributed by atoms with Crippen molar-refractivity contribution in [1.29, 1.82) is 0 Å². The Labute approximate surface area is 80.6 Å². The fourth-order valence-electron chi connectivity index (χ4n) is 1.06. The van der Waals surface area contributed by atoms with Crippen LogP contribution in [0.3, 0.4) is 0 Å². The summed E-state index contributed by atoms with van der Waals surface area (Å²) in [6, 6.07) is -0.188. The van der Waals surface area contributed by atoms with Gasteiger partial charge in [0.2, 0.25) is 0 Å². The summed E-state index contributed by atoms with van der Waals surface area (Å²) in [5.41, 5.74) is 0. The maximum atomic E-state index is 11.4.